The third-order valence-corrected chi connectivity index (χ3v) is 6.19. The highest BCUT2D eigenvalue weighted by molar-refractivity contribution is 6.68. The Morgan fingerprint density at radius 2 is 1.13 bits per heavy atom. The van der Waals surface area contributed by atoms with Crippen LogP contribution in [-0.2, 0) is 0 Å². The van der Waals surface area contributed by atoms with Gasteiger partial charge in [0.05, 0.1) is 11.0 Å². The minimum atomic E-state index is 0.206. The van der Waals surface area contributed by atoms with E-state index < -0.39 is 0 Å². The van der Waals surface area contributed by atoms with Crippen molar-refractivity contribution in [3.05, 3.63) is 60.7 Å². The van der Waals surface area contributed by atoms with Gasteiger partial charge in [-0.15, -0.1) is 16.4 Å². The van der Waals surface area contributed by atoms with Gasteiger partial charge in [-0.3, -0.25) is 0 Å². The van der Waals surface area contributed by atoms with Crippen LogP contribution in [0.5, 0.6) is 0 Å². The Balaban J connectivity index is 1.85. The molecule has 6 aromatic rings. The van der Waals surface area contributed by atoms with E-state index in [0.717, 1.165) is 38.2 Å². The topological polar surface area (TPSA) is 20.7 Å². The van der Waals surface area contributed by atoms with Crippen molar-refractivity contribution < 1.29 is 0 Å². The lowest BCUT2D eigenvalue weighted by molar-refractivity contribution is 1.21. The Hall–Kier alpha value is -3.20. The molecule has 0 atom stereocenters. The molecule has 0 saturated heterocycles. The Morgan fingerprint density at radius 3 is 1.87 bits per heavy atom. The number of nitrogens with zero attached hydrogens (tertiary/aromatic N) is 1. The number of benzene rings is 4. The van der Waals surface area contributed by atoms with Crippen LogP contribution in [0.25, 0.3) is 49.3 Å². The van der Waals surface area contributed by atoms with E-state index in [-0.39, 0.29) is 16.4 Å². The summed E-state index contributed by atoms with van der Waals surface area (Å²) in [6.07, 6.45) is 0. The normalized spacial score (nSPS) is 11.9. The average molecular weight is 381 g/mol. The number of nitrogens with one attached hydrogen (secondary N) is 1. The summed E-state index contributed by atoms with van der Waals surface area (Å²) in [5.41, 5.74) is 5.85. The summed E-state index contributed by atoms with van der Waals surface area (Å²) in [6, 6.07) is 20.7. The van der Waals surface area contributed by atoms with E-state index in [2.05, 4.69) is 35.3 Å². The zero-order valence-electron chi connectivity index (χ0n) is 16.6. The summed E-state index contributed by atoms with van der Waals surface area (Å²) >= 11 is 0. The molecule has 1 N–H and O–H groups in total. The van der Waals surface area contributed by atoms with E-state index in [9.17, 15) is 0 Å². The molecule has 2 nitrogen and oxygen atoms in total. The quantitative estimate of drug-likeness (QED) is 0.398. The van der Waals surface area contributed by atoms with Crippen LogP contribution in [0.2, 0.25) is 0 Å². The fourth-order valence-electron chi connectivity index (χ4n) is 4.63. The predicted octanol–water partition coefficient (Wildman–Crippen LogP) is 0.387. The van der Waals surface area contributed by atoms with Crippen molar-refractivity contribution in [1.29, 1.82) is 0 Å². The van der Waals surface area contributed by atoms with Gasteiger partial charge in [-0.05, 0) is 24.3 Å². The van der Waals surface area contributed by atoms with Crippen molar-refractivity contribution >= 4 is 110 Å². The number of hydrogen-bond donors (Lipinski definition) is 1. The smallest absolute Gasteiger partial charge is 0.115 e. The first kappa shape index (κ1) is 18.6. The minimum absolute atomic E-state index is 0.206. The van der Waals surface area contributed by atoms with E-state index in [0.29, 0.717) is 16.6 Å². The van der Waals surface area contributed by atoms with E-state index >= 15 is 0 Å². The highest BCUT2D eigenvalue weighted by Crippen LogP contribution is 2.36. The summed E-state index contributed by atoms with van der Waals surface area (Å²) in [6.45, 7) is 0. The molecule has 0 aliphatic rings. The van der Waals surface area contributed by atoms with Gasteiger partial charge >= 0.3 is 0 Å². The van der Waals surface area contributed by atoms with Gasteiger partial charge in [0.15, 0.2) is 0 Å². The molecular weight excluding hydrogens is 370 g/mol. The molecule has 0 unspecified atom stereocenters. The van der Waals surface area contributed by atoms with E-state index in [1.807, 2.05) is 34.9 Å². The number of hydrogen-bond acceptors (Lipinski definition) is 0. The lowest BCUT2D eigenvalue weighted by Gasteiger charge is -2.23. The van der Waals surface area contributed by atoms with Crippen LogP contribution in [-0.4, -0.2) is 48.8 Å². The second-order valence-electron chi connectivity index (χ2n) is 7.86. The molecule has 4 aromatic carbocycles. The Kier molecular flexibility index (Phi) is 3.83. The first-order valence-electron chi connectivity index (χ1n) is 9.92. The van der Waals surface area contributed by atoms with E-state index in [1.54, 1.807) is 0 Å². The molecule has 132 valence electrons. The maximum atomic E-state index is 6.43. The molecule has 0 spiro atoms. The van der Waals surface area contributed by atoms with Crippen molar-refractivity contribution in [2.24, 2.45) is 0 Å². The first-order valence-corrected chi connectivity index (χ1v) is 9.92. The maximum absolute atomic E-state index is 6.43. The van der Waals surface area contributed by atoms with Gasteiger partial charge in [0.25, 0.3) is 0 Å². The molecule has 2 aromatic heterocycles. The monoisotopic (exact) mass is 382 g/mol. The minimum Gasteiger partial charge on any atom is -0.354 e. The van der Waals surface area contributed by atoms with Crippen LogP contribution in [0.4, 0.5) is 0 Å². The Bertz CT molecular complexity index is 1660. The molecule has 0 amide bonds. The molecule has 6 rings (SSSR count). The molecule has 0 fully saturated rings. The summed E-state index contributed by atoms with van der Waals surface area (Å²) in [4.78, 5) is 3.51. The molecule has 0 aliphatic carbocycles. The van der Waals surface area contributed by atoms with Gasteiger partial charge in [0.2, 0.25) is 0 Å². The number of fused-ring (bicyclic) bond motifs is 6. The summed E-state index contributed by atoms with van der Waals surface area (Å²) in [5, 5.41) is 4.50. The predicted molar refractivity (Wildman–Crippen MR) is 137 cm³/mol. The van der Waals surface area contributed by atoms with Gasteiger partial charge in [-0.1, -0.05) is 47.3 Å². The third-order valence-electron chi connectivity index (χ3n) is 6.19. The molecule has 0 saturated carbocycles. The van der Waals surface area contributed by atoms with Gasteiger partial charge in [-0.25, -0.2) is 0 Å². The average Bonchev–Trinajstić information content (AvgIpc) is 3.31. The third kappa shape index (κ3) is 2.41. The Labute approximate surface area is 186 Å². The maximum Gasteiger partial charge on any atom is 0.115 e. The molecule has 31 heavy (non-hydrogen) atoms. The molecule has 10 radical (unpaired) electrons. The Morgan fingerprint density at radius 1 is 0.516 bits per heavy atom. The fraction of sp³-hybridized carbons (Fsp3) is 0. The lowest BCUT2D eigenvalue weighted by Crippen LogP contribution is -2.56. The van der Waals surface area contributed by atoms with Crippen LogP contribution in [0.15, 0.2) is 60.7 Å². The number of rotatable bonds is 1. The molecule has 7 heteroatoms. The van der Waals surface area contributed by atoms with Gasteiger partial charge in [-0.2, -0.15) is 0 Å². The zero-order valence-corrected chi connectivity index (χ0v) is 16.6. The summed E-state index contributed by atoms with van der Waals surface area (Å²) in [5.74, 6) is 0. The van der Waals surface area contributed by atoms with Crippen LogP contribution in [0.3, 0.4) is 0 Å². The van der Waals surface area contributed by atoms with Crippen LogP contribution in [0.1, 0.15) is 0 Å². The number of aromatic nitrogens is 2. The summed E-state index contributed by atoms with van der Waals surface area (Å²) < 4.78 is 2.02. The summed E-state index contributed by atoms with van der Waals surface area (Å²) in [7, 11) is 31.3. The number of para-hydroxylation sites is 2. The van der Waals surface area contributed by atoms with Gasteiger partial charge in [0.1, 0.15) is 39.2 Å². The first-order chi connectivity index (χ1) is 15.0. The molecular formula is C24H11B5N2. The fourth-order valence-corrected chi connectivity index (χ4v) is 4.63. The van der Waals surface area contributed by atoms with E-state index in [1.165, 1.54) is 5.39 Å². The molecule has 0 bridgehead atoms. The van der Waals surface area contributed by atoms with Gasteiger partial charge < -0.3 is 9.55 Å². The largest absolute Gasteiger partial charge is 0.354 e. The van der Waals surface area contributed by atoms with Crippen molar-refractivity contribution in [3.8, 4) is 5.69 Å². The standard InChI is InChI=1S/C24H11B5N2/c25-19-20(26)22(28)24(23(29)21(19)27)31-17-8-4-2-6-12(17)14-9-13-11-5-1-3-7-15(11)30-16(13)10-18(14)31/h1-10,30H. The van der Waals surface area contributed by atoms with Crippen molar-refractivity contribution in [2.75, 3.05) is 0 Å². The number of aromatic amines is 1. The van der Waals surface area contributed by atoms with Crippen LogP contribution < -0.4 is 27.3 Å². The SMILES string of the molecule is [B]c1c([B])c([B])c(-n2c3ccccc3c3cc4c(cc32)[nH]c2ccccc24)c([B])c1[B]. The molecule has 0 aliphatic heterocycles. The van der Waals surface area contributed by atoms with E-state index in [4.69, 9.17) is 39.2 Å². The van der Waals surface area contributed by atoms with Gasteiger partial charge in [0, 0.05) is 38.3 Å². The number of H-pyrrole nitrogens is 1. The lowest BCUT2D eigenvalue weighted by atomic mass is 9.61. The van der Waals surface area contributed by atoms with Crippen molar-refractivity contribution in [2.45, 2.75) is 0 Å². The second-order valence-corrected chi connectivity index (χ2v) is 7.86. The molecule has 2 heterocycles. The highest BCUT2D eigenvalue weighted by Gasteiger charge is 2.19. The van der Waals surface area contributed by atoms with Crippen LogP contribution >= 0.6 is 0 Å². The zero-order chi connectivity index (χ0) is 21.4. The highest BCUT2D eigenvalue weighted by atomic mass is 15.0. The second kappa shape index (κ2) is 6.40. The van der Waals surface area contributed by atoms with Crippen molar-refractivity contribution in [1.82, 2.24) is 9.55 Å². The van der Waals surface area contributed by atoms with Crippen molar-refractivity contribution in [3.63, 3.8) is 0 Å². The van der Waals surface area contributed by atoms with Crippen LogP contribution in [0, 0.1) is 0 Å².